The minimum Gasteiger partial charge on any atom is -0.390 e. The van der Waals surface area contributed by atoms with Crippen LogP contribution in [-0.2, 0) is 19.2 Å². The fourth-order valence-electron chi connectivity index (χ4n) is 7.78. The Balaban J connectivity index is 0. The molecule has 4 aliphatic rings. The Morgan fingerprint density at radius 1 is 0.957 bits per heavy atom. The van der Waals surface area contributed by atoms with E-state index < -0.39 is 17.6 Å². The normalized spacial score (nSPS) is 27.3. The van der Waals surface area contributed by atoms with Gasteiger partial charge < -0.3 is 30.9 Å². The van der Waals surface area contributed by atoms with E-state index in [-0.39, 0.29) is 39.4 Å². The fraction of sp³-hybridized carbons (Fsp3) is 0.789. The third-order valence-electron chi connectivity index (χ3n) is 11.0. The molecular weight excluding hydrogens is 576 g/mol. The summed E-state index contributed by atoms with van der Waals surface area (Å²) in [6.07, 6.45) is 12.5. The topological polar surface area (TPSA) is 122 Å². The zero-order valence-electron chi connectivity index (χ0n) is 31.9. The van der Waals surface area contributed by atoms with Crippen LogP contribution in [0.5, 0.6) is 0 Å². The van der Waals surface area contributed by atoms with E-state index >= 15 is 0 Å². The molecule has 46 heavy (non-hydrogen) atoms. The standard InChI is InChI=1S/C26H42N4O2.C6H14.2C2H6.2CH2O/c1-9-17-13-26(17,16(2)28-8)29-20(31)18-14-25(23(6,7)24(25)11-10-12-24)15-30(18)21(32)19(27)22(3,4)5;1-3-5-6-4-2;4*1-2/h9,17-19,28H,1-2,10-15,27H2,3-8H3,(H,29,31);3-6H2,1-2H3;2*1-2H3;2*1H2/t17-,18?,19-,25-,26+;;;;;/m1...../s1. The first kappa shape index (κ1) is 45.6. The first-order valence-corrected chi connectivity index (χ1v) is 17.6. The average molecular weight is 649 g/mol. The van der Waals surface area contributed by atoms with Gasteiger partial charge in [-0.25, -0.2) is 0 Å². The molecule has 4 fully saturated rings. The number of nitrogens with two attached hydrogens (primary N) is 1. The molecule has 3 saturated carbocycles. The highest BCUT2D eigenvalue weighted by Gasteiger charge is 2.85. The zero-order chi connectivity index (χ0) is 36.7. The first-order valence-electron chi connectivity index (χ1n) is 17.6. The number of rotatable bonds is 9. The quantitative estimate of drug-likeness (QED) is 0.179. The van der Waals surface area contributed by atoms with Crippen LogP contribution in [0.25, 0.3) is 0 Å². The molecule has 0 aromatic carbocycles. The number of hydrogen-bond acceptors (Lipinski definition) is 6. The summed E-state index contributed by atoms with van der Waals surface area (Å²) in [5.41, 5.74) is 6.72. The summed E-state index contributed by atoms with van der Waals surface area (Å²) in [6, 6.07) is -1.14. The van der Waals surface area contributed by atoms with E-state index in [0.29, 0.717) is 6.54 Å². The number of fused-ring (bicyclic) bond motifs is 1. The number of amides is 2. The van der Waals surface area contributed by atoms with E-state index in [9.17, 15) is 9.59 Å². The number of unbranched alkanes of at least 4 members (excludes halogenated alkanes) is 3. The summed E-state index contributed by atoms with van der Waals surface area (Å²) in [7, 11) is 1.82. The van der Waals surface area contributed by atoms with Crippen molar-refractivity contribution >= 4 is 25.4 Å². The maximum absolute atomic E-state index is 13.8. The Morgan fingerprint density at radius 2 is 1.43 bits per heavy atom. The maximum atomic E-state index is 13.8. The van der Waals surface area contributed by atoms with E-state index in [1.54, 1.807) is 0 Å². The van der Waals surface area contributed by atoms with Crippen molar-refractivity contribution in [3.8, 4) is 0 Å². The third-order valence-corrected chi connectivity index (χ3v) is 11.0. The lowest BCUT2D eigenvalue weighted by Crippen LogP contribution is -2.56. The van der Waals surface area contributed by atoms with Gasteiger partial charge in [0.15, 0.2) is 0 Å². The number of likely N-dealkylation sites (tertiary alicyclic amines) is 1. The number of carbonyl (C=O) groups excluding carboxylic acids is 4. The molecule has 5 atom stereocenters. The Labute approximate surface area is 283 Å². The molecule has 2 amide bonds. The van der Waals surface area contributed by atoms with Crippen LogP contribution in [0.2, 0.25) is 0 Å². The summed E-state index contributed by atoms with van der Waals surface area (Å²) >= 11 is 0. The molecule has 0 bridgehead atoms. The SMILES string of the molecule is C=C[C@@H]1C[C@]1(NC(=O)C1C[C@@]2(CN1C(=O)[C@@H](N)C(C)(C)C)C(C)(C)C21CCC1)C(=C)NC.C=O.C=O.CC.CC.CCCCCC. The Bertz CT molecular complexity index is 964. The molecule has 3 aliphatic carbocycles. The summed E-state index contributed by atoms with van der Waals surface area (Å²) in [5.74, 6) is -0.0448. The number of carbonyl (C=O) groups is 4. The van der Waals surface area contributed by atoms with Crippen molar-refractivity contribution in [3.05, 3.63) is 24.9 Å². The maximum Gasteiger partial charge on any atom is 0.243 e. The molecule has 1 saturated heterocycles. The largest absolute Gasteiger partial charge is 0.390 e. The molecule has 0 radical (unpaired) electrons. The van der Waals surface area contributed by atoms with Crippen LogP contribution in [0.1, 0.15) is 134 Å². The van der Waals surface area contributed by atoms with Gasteiger partial charge in [0.1, 0.15) is 19.6 Å². The summed E-state index contributed by atoms with van der Waals surface area (Å²) < 4.78 is 0. The minimum atomic E-state index is -0.643. The Hall–Kier alpha value is -2.48. The van der Waals surface area contributed by atoms with Crippen molar-refractivity contribution in [2.45, 2.75) is 152 Å². The lowest BCUT2D eigenvalue weighted by atomic mass is 9.73. The van der Waals surface area contributed by atoms with Crippen molar-refractivity contribution in [3.63, 3.8) is 0 Å². The van der Waals surface area contributed by atoms with Crippen LogP contribution >= 0.6 is 0 Å². The lowest BCUT2D eigenvalue weighted by Gasteiger charge is -2.34. The second-order valence-electron chi connectivity index (χ2n) is 14.1. The predicted octanol–water partition coefficient (Wildman–Crippen LogP) is 7.22. The van der Waals surface area contributed by atoms with Crippen molar-refractivity contribution in [1.82, 2.24) is 15.5 Å². The molecule has 8 heteroatoms. The second kappa shape index (κ2) is 19.4. The van der Waals surface area contributed by atoms with Crippen LogP contribution in [0.3, 0.4) is 0 Å². The van der Waals surface area contributed by atoms with Crippen molar-refractivity contribution in [2.75, 3.05) is 13.6 Å². The highest BCUT2D eigenvalue weighted by Crippen LogP contribution is 2.88. The van der Waals surface area contributed by atoms with Gasteiger partial charge in [-0.2, -0.15) is 0 Å². The smallest absolute Gasteiger partial charge is 0.243 e. The van der Waals surface area contributed by atoms with E-state index in [1.807, 2.05) is 80.1 Å². The number of nitrogens with one attached hydrogen (secondary N) is 2. The van der Waals surface area contributed by atoms with E-state index in [0.717, 1.165) is 18.5 Å². The monoisotopic (exact) mass is 649 g/mol. The van der Waals surface area contributed by atoms with Gasteiger partial charge in [-0.3, -0.25) is 9.59 Å². The first-order chi connectivity index (χ1) is 21.7. The van der Waals surface area contributed by atoms with Gasteiger partial charge in [-0.1, -0.05) is 121 Å². The molecule has 4 rings (SSSR count). The molecule has 268 valence electrons. The van der Waals surface area contributed by atoms with E-state index in [4.69, 9.17) is 15.3 Å². The van der Waals surface area contributed by atoms with Crippen LogP contribution in [0.15, 0.2) is 24.9 Å². The fourth-order valence-corrected chi connectivity index (χ4v) is 7.78. The molecule has 1 heterocycles. The predicted molar refractivity (Wildman–Crippen MR) is 194 cm³/mol. The third kappa shape index (κ3) is 8.51. The van der Waals surface area contributed by atoms with Gasteiger partial charge in [0.25, 0.3) is 0 Å². The molecule has 0 aromatic rings. The molecule has 1 unspecified atom stereocenters. The van der Waals surface area contributed by atoms with Crippen LogP contribution in [0, 0.1) is 27.6 Å². The molecule has 0 aromatic heterocycles. The second-order valence-corrected chi connectivity index (χ2v) is 14.1. The summed E-state index contributed by atoms with van der Waals surface area (Å²) in [4.78, 5) is 45.2. The lowest BCUT2D eigenvalue weighted by molar-refractivity contribution is -0.141. The van der Waals surface area contributed by atoms with Gasteiger partial charge in [-0.05, 0) is 41.9 Å². The van der Waals surface area contributed by atoms with Gasteiger partial charge in [0.2, 0.25) is 11.8 Å². The number of nitrogens with zero attached hydrogens (tertiary/aromatic N) is 1. The highest BCUT2D eigenvalue weighted by molar-refractivity contribution is 5.92. The average Bonchev–Trinajstić information content (AvgIpc) is 3.77. The van der Waals surface area contributed by atoms with Crippen LogP contribution in [0.4, 0.5) is 0 Å². The van der Waals surface area contributed by atoms with Crippen LogP contribution < -0.4 is 16.4 Å². The van der Waals surface area contributed by atoms with E-state index in [2.05, 4.69) is 51.5 Å². The molecule has 1 aliphatic heterocycles. The van der Waals surface area contributed by atoms with Crippen molar-refractivity contribution in [2.24, 2.45) is 33.3 Å². The van der Waals surface area contributed by atoms with Gasteiger partial charge in [0.05, 0.1) is 11.6 Å². The zero-order valence-corrected chi connectivity index (χ0v) is 31.9. The van der Waals surface area contributed by atoms with Crippen LogP contribution in [-0.4, -0.2) is 61.5 Å². The van der Waals surface area contributed by atoms with E-state index in [1.165, 1.54) is 44.9 Å². The summed E-state index contributed by atoms with van der Waals surface area (Å²) in [6.45, 7) is 35.8. The van der Waals surface area contributed by atoms with Crippen molar-refractivity contribution in [1.29, 1.82) is 0 Å². The van der Waals surface area contributed by atoms with Gasteiger partial charge >= 0.3 is 0 Å². The number of likely N-dealkylation sites (N-methyl/N-ethyl adjacent to an activating group) is 1. The summed E-state index contributed by atoms with van der Waals surface area (Å²) in [5, 5.41) is 6.39. The Morgan fingerprint density at radius 3 is 1.74 bits per heavy atom. The minimum absolute atomic E-state index is 0.00207. The highest BCUT2D eigenvalue weighted by atomic mass is 16.2. The number of hydrogen-bond donors (Lipinski definition) is 3. The molecule has 2 spiro atoms. The van der Waals surface area contributed by atoms with Gasteiger partial charge in [-0.15, -0.1) is 6.58 Å². The Kier molecular flexibility index (Phi) is 19.2. The van der Waals surface area contributed by atoms with Gasteiger partial charge in [0, 0.05) is 30.6 Å². The molecular formula is C38H72N4O4. The van der Waals surface area contributed by atoms with Crippen molar-refractivity contribution < 1.29 is 19.2 Å². The molecule has 8 nitrogen and oxygen atoms in total. The molecule has 4 N–H and O–H groups in total.